The van der Waals surface area contributed by atoms with E-state index in [2.05, 4.69) is 27.2 Å². The van der Waals surface area contributed by atoms with E-state index in [0.29, 0.717) is 6.54 Å². The predicted octanol–water partition coefficient (Wildman–Crippen LogP) is 0.468. The van der Waals surface area contributed by atoms with E-state index in [1.807, 2.05) is 0 Å². The molecule has 1 aromatic rings. The summed E-state index contributed by atoms with van der Waals surface area (Å²) in [5, 5.41) is 9.52. The van der Waals surface area contributed by atoms with Gasteiger partial charge in [0, 0.05) is 19.3 Å². The average molecular weight is 272 g/mol. The molecule has 1 aliphatic rings. The van der Waals surface area contributed by atoms with Crippen molar-refractivity contribution in [2.45, 2.75) is 31.1 Å². The highest BCUT2D eigenvalue weighted by Crippen LogP contribution is 2.29. The zero-order valence-electron chi connectivity index (χ0n) is 10.6. The third-order valence-corrected chi connectivity index (χ3v) is 5.10. The molecule has 2 heterocycles. The second-order valence-electron chi connectivity index (χ2n) is 4.89. The Morgan fingerprint density at radius 1 is 1.56 bits per heavy atom. The highest BCUT2D eigenvalue weighted by atomic mass is 32.2. The molecule has 0 radical (unpaired) electrons. The highest BCUT2D eigenvalue weighted by molar-refractivity contribution is 7.89. The lowest BCUT2D eigenvalue weighted by atomic mass is 9.78. The van der Waals surface area contributed by atoms with Crippen molar-refractivity contribution < 1.29 is 8.42 Å². The van der Waals surface area contributed by atoms with Crippen molar-refractivity contribution in [3.8, 4) is 0 Å². The van der Waals surface area contributed by atoms with Crippen LogP contribution in [-0.4, -0.2) is 38.2 Å². The van der Waals surface area contributed by atoms with E-state index >= 15 is 0 Å². The van der Waals surface area contributed by atoms with Crippen LogP contribution in [-0.2, 0) is 10.0 Å². The zero-order chi connectivity index (χ0) is 13.1. The Bertz CT molecular complexity index is 463. The Labute approximate surface area is 108 Å². The molecule has 1 aliphatic heterocycles. The number of H-pyrrole nitrogens is 1. The topological polar surface area (TPSA) is 86.9 Å². The lowest BCUT2D eigenvalue weighted by Gasteiger charge is -2.36. The minimum absolute atomic E-state index is 0.0368. The number of nitrogens with one attached hydrogen (secondary N) is 3. The van der Waals surface area contributed by atoms with E-state index < -0.39 is 10.0 Å². The van der Waals surface area contributed by atoms with Crippen LogP contribution in [0.4, 0.5) is 0 Å². The van der Waals surface area contributed by atoms with Crippen molar-refractivity contribution in [1.82, 2.24) is 20.2 Å². The first-order chi connectivity index (χ1) is 8.58. The highest BCUT2D eigenvalue weighted by Gasteiger charge is 2.31. The van der Waals surface area contributed by atoms with Gasteiger partial charge >= 0.3 is 0 Å². The molecule has 18 heavy (non-hydrogen) atoms. The summed E-state index contributed by atoms with van der Waals surface area (Å²) in [6.45, 7) is 4.48. The summed E-state index contributed by atoms with van der Waals surface area (Å²) in [7, 11) is -3.44. The maximum atomic E-state index is 12.0. The van der Waals surface area contributed by atoms with E-state index in [1.54, 1.807) is 0 Å². The van der Waals surface area contributed by atoms with Crippen LogP contribution in [0.1, 0.15) is 26.2 Å². The van der Waals surface area contributed by atoms with Gasteiger partial charge in [0.1, 0.15) is 4.90 Å². The molecule has 0 bridgehead atoms. The molecule has 1 atom stereocenters. The van der Waals surface area contributed by atoms with Gasteiger partial charge in [-0.05, 0) is 31.2 Å². The number of aromatic amines is 1. The minimum atomic E-state index is -3.44. The Morgan fingerprint density at radius 3 is 2.94 bits per heavy atom. The summed E-state index contributed by atoms with van der Waals surface area (Å²) in [4.78, 5) is 0.192. The molecule has 7 heteroatoms. The molecule has 0 spiro atoms. The summed E-state index contributed by atoms with van der Waals surface area (Å²) in [5.41, 5.74) is 0.0368. The number of sulfonamides is 1. The molecule has 0 aliphatic carbocycles. The summed E-state index contributed by atoms with van der Waals surface area (Å²) in [6, 6.07) is 0. The fourth-order valence-electron chi connectivity index (χ4n) is 2.33. The molecule has 1 aromatic heterocycles. The zero-order valence-corrected chi connectivity index (χ0v) is 11.4. The maximum Gasteiger partial charge on any atom is 0.243 e. The monoisotopic (exact) mass is 272 g/mol. The van der Waals surface area contributed by atoms with Crippen LogP contribution in [0.2, 0.25) is 0 Å². The van der Waals surface area contributed by atoms with Crippen LogP contribution in [0.3, 0.4) is 0 Å². The molecule has 0 saturated carbocycles. The van der Waals surface area contributed by atoms with Crippen molar-refractivity contribution in [1.29, 1.82) is 0 Å². The van der Waals surface area contributed by atoms with Crippen LogP contribution < -0.4 is 10.0 Å². The first-order valence-corrected chi connectivity index (χ1v) is 7.75. The molecule has 0 amide bonds. The number of hydrogen-bond donors (Lipinski definition) is 3. The minimum Gasteiger partial charge on any atom is -0.316 e. The standard InChI is InChI=1S/C11H20N4O2S/c1-2-11(4-3-5-12-8-11)9-15-18(16,17)10-6-13-14-7-10/h6-7,12,15H,2-5,8-9H2,1H3,(H,13,14). The number of aromatic nitrogens is 2. The molecular formula is C11H20N4O2S. The Hall–Kier alpha value is -0.920. The van der Waals surface area contributed by atoms with Gasteiger partial charge in [0.25, 0.3) is 0 Å². The van der Waals surface area contributed by atoms with Crippen molar-refractivity contribution in [2.75, 3.05) is 19.6 Å². The second-order valence-corrected chi connectivity index (χ2v) is 6.66. The molecule has 2 rings (SSSR count). The number of piperidine rings is 1. The summed E-state index contributed by atoms with van der Waals surface area (Å²) in [6.07, 6.45) is 5.83. The summed E-state index contributed by atoms with van der Waals surface area (Å²) < 4.78 is 26.7. The SMILES string of the molecule is CCC1(CNS(=O)(=O)c2cn[nH]c2)CCCNC1. The quantitative estimate of drug-likeness (QED) is 0.727. The normalized spacial score (nSPS) is 25.2. The lowest BCUT2D eigenvalue weighted by Crippen LogP contribution is -2.47. The molecule has 102 valence electrons. The van der Waals surface area contributed by atoms with Crippen LogP contribution in [0.15, 0.2) is 17.3 Å². The fourth-order valence-corrected chi connectivity index (χ4v) is 3.39. The third kappa shape index (κ3) is 2.90. The van der Waals surface area contributed by atoms with Crippen molar-refractivity contribution >= 4 is 10.0 Å². The van der Waals surface area contributed by atoms with Crippen LogP contribution in [0.25, 0.3) is 0 Å². The van der Waals surface area contributed by atoms with Gasteiger partial charge in [-0.2, -0.15) is 5.10 Å². The average Bonchev–Trinajstić information content (AvgIpc) is 2.92. The molecule has 1 fully saturated rings. The van der Waals surface area contributed by atoms with Gasteiger partial charge in [-0.15, -0.1) is 0 Å². The Morgan fingerprint density at radius 2 is 2.39 bits per heavy atom. The van der Waals surface area contributed by atoms with Crippen molar-refractivity contribution in [2.24, 2.45) is 5.41 Å². The molecule has 6 nitrogen and oxygen atoms in total. The molecule has 3 N–H and O–H groups in total. The number of hydrogen-bond acceptors (Lipinski definition) is 4. The Balaban J connectivity index is 2.02. The van der Waals surface area contributed by atoms with Crippen molar-refractivity contribution in [3.05, 3.63) is 12.4 Å². The van der Waals surface area contributed by atoms with E-state index in [9.17, 15) is 8.42 Å². The van der Waals surface area contributed by atoms with E-state index in [0.717, 1.165) is 32.4 Å². The van der Waals surface area contributed by atoms with Gasteiger partial charge in [-0.3, -0.25) is 5.10 Å². The molecule has 1 unspecified atom stereocenters. The molecular weight excluding hydrogens is 252 g/mol. The van der Waals surface area contributed by atoms with Gasteiger partial charge in [0.2, 0.25) is 10.0 Å². The molecule has 1 saturated heterocycles. The largest absolute Gasteiger partial charge is 0.316 e. The maximum absolute atomic E-state index is 12.0. The lowest BCUT2D eigenvalue weighted by molar-refractivity contribution is 0.203. The smallest absolute Gasteiger partial charge is 0.243 e. The van der Waals surface area contributed by atoms with Gasteiger partial charge in [-0.1, -0.05) is 6.92 Å². The second kappa shape index (κ2) is 5.38. The van der Waals surface area contributed by atoms with Crippen LogP contribution in [0.5, 0.6) is 0 Å². The first kappa shape index (κ1) is 13.5. The van der Waals surface area contributed by atoms with Gasteiger partial charge in [0.15, 0.2) is 0 Å². The van der Waals surface area contributed by atoms with Gasteiger partial charge in [0.05, 0.1) is 6.20 Å². The third-order valence-electron chi connectivity index (χ3n) is 3.73. The van der Waals surface area contributed by atoms with E-state index in [-0.39, 0.29) is 10.3 Å². The number of nitrogens with zero attached hydrogens (tertiary/aromatic N) is 1. The van der Waals surface area contributed by atoms with Gasteiger partial charge in [-0.25, -0.2) is 13.1 Å². The summed E-state index contributed by atoms with van der Waals surface area (Å²) in [5.74, 6) is 0. The first-order valence-electron chi connectivity index (χ1n) is 6.27. The van der Waals surface area contributed by atoms with E-state index in [4.69, 9.17) is 0 Å². The van der Waals surface area contributed by atoms with E-state index in [1.165, 1.54) is 12.4 Å². The summed E-state index contributed by atoms with van der Waals surface area (Å²) >= 11 is 0. The van der Waals surface area contributed by atoms with Crippen LogP contribution in [0, 0.1) is 5.41 Å². The predicted molar refractivity (Wildman–Crippen MR) is 68.6 cm³/mol. The van der Waals surface area contributed by atoms with Crippen molar-refractivity contribution in [3.63, 3.8) is 0 Å². The Kier molecular flexibility index (Phi) is 4.04. The number of rotatable bonds is 5. The van der Waals surface area contributed by atoms with Crippen LogP contribution >= 0.6 is 0 Å². The fraction of sp³-hybridized carbons (Fsp3) is 0.727. The molecule has 0 aromatic carbocycles. The van der Waals surface area contributed by atoms with Gasteiger partial charge < -0.3 is 5.32 Å².